The summed E-state index contributed by atoms with van der Waals surface area (Å²) in [4.78, 5) is 93.1. The van der Waals surface area contributed by atoms with Crippen molar-refractivity contribution in [3.05, 3.63) is 108 Å². The number of unbranched alkanes of at least 4 members (excludes halogenated alkanes) is 3. The maximum Gasteiger partial charge on any atom is 0.408 e. The average molecular weight is 1430 g/mol. The number of nitrogens with two attached hydrogens (primary N) is 3. The second kappa shape index (κ2) is 53.2. The molecule has 562 valence electrons. The zero-order valence-electron chi connectivity index (χ0n) is 65.0. The van der Waals surface area contributed by atoms with Gasteiger partial charge in [0.25, 0.3) is 10.1 Å². The molecule has 0 aliphatic rings. The molecule has 0 saturated carbocycles. The Balaban J connectivity index is -0.000000607. The molecule has 0 fully saturated rings. The van der Waals surface area contributed by atoms with Crippen LogP contribution in [0.2, 0.25) is 0 Å². The Labute approximate surface area is 593 Å². The maximum atomic E-state index is 13.0. The molecule has 0 spiro atoms. The van der Waals surface area contributed by atoms with Crippen LogP contribution in [0.5, 0.6) is 0 Å². The third kappa shape index (κ3) is 67.8. The van der Waals surface area contributed by atoms with Gasteiger partial charge >= 0.3 is 36.3 Å². The minimum Gasteiger partial charge on any atom is -0.480 e. The van der Waals surface area contributed by atoms with Crippen LogP contribution in [0.1, 0.15) is 205 Å². The van der Waals surface area contributed by atoms with Gasteiger partial charge in [-0.25, -0.2) is 24.0 Å². The highest BCUT2D eigenvalue weighted by Gasteiger charge is 2.27. The summed E-state index contributed by atoms with van der Waals surface area (Å²) >= 11 is 0. The summed E-state index contributed by atoms with van der Waals surface area (Å²) < 4.78 is 68.9. The molecule has 0 aromatic heterocycles. The molecule has 12 N–H and O–H groups in total. The van der Waals surface area contributed by atoms with E-state index in [1.54, 1.807) is 69.2 Å². The third-order valence-corrected chi connectivity index (χ3v) is 12.3. The summed E-state index contributed by atoms with van der Waals surface area (Å²) in [7, 11) is -5.54. The van der Waals surface area contributed by atoms with Crippen LogP contribution in [0.4, 0.5) is 19.2 Å². The predicted molar refractivity (Wildman–Crippen MR) is 394 cm³/mol. The second-order valence-corrected chi connectivity index (χ2v) is 29.2. The Kier molecular flexibility index (Phi) is 49.5. The van der Waals surface area contributed by atoms with Crippen molar-refractivity contribution < 1.29 is 80.1 Å². The van der Waals surface area contributed by atoms with Gasteiger partial charge in [-0.3, -0.25) is 18.9 Å². The number of aliphatic carboxylic acids is 1. The van der Waals surface area contributed by atoms with E-state index >= 15 is 0 Å². The Morgan fingerprint density at radius 3 is 1.15 bits per heavy atom. The number of alkyl carbamates (subject to hydrolysis) is 4. The summed E-state index contributed by atoms with van der Waals surface area (Å²) in [6.45, 7) is 32.5. The Hall–Kier alpha value is -6.76. The van der Waals surface area contributed by atoms with Crippen molar-refractivity contribution in [2.45, 2.75) is 254 Å². The van der Waals surface area contributed by atoms with Crippen LogP contribution < -0.4 is 38.5 Å². The third-order valence-electron chi connectivity index (χ3n) is 12.3. The molecular weight excluding hydrogens is 1300 g/mol. The lowest BCUT2D eigenvalue weighted by Gasteiger charge is -2.24. The fraction of sp³-hybridized carbons (Fsp3) is 0.639. The molecule has 0 aliphatic heterocycles. The minimum absolute atomic E-state index is 0.00982. The van der Waals surface area contributed by atoms with Crippen LogP contribution >= 0.6 is 9.73 Å². The van der Waals surface area contributed by atoms with E-state index in [-0.39, 0.29) is 42.0 Å². The lowest BCUT2D eigenvalue weighted by molar-refractivity contribution is -0.141. The summed E-state index contributed by atoms with van der Waals surface area (Å²) in [5.41, 5.74) is 18.3. The SMILES string of the molecule is CC(C)(C)OC(=O)NCCCC[C@H](NC(=O)OC(C)(C)C)C(=O)O.CCOC(C)=O.CS(=O)(=O)O.C[C@H](CC(=O)[C@@H](N)CCCCN)Cc1ccccc1.C[C@H](CC(=O)[C@H](CCCCNC(=O)OC(C)(C)C)NC(=O)OC(C)(C)C)Cc1ccccc1.C[C@H](N)Cc1ccccc1.[3H]P([3H])[3H]. The maximum absolute atomic E-state index is 13.0. The van der Waals surface area contributed by atoms with E-state index in [2.05, 4.69) is 69.3 Å². The average Bonchev–Trinajstić information content (AvgIpc) is 0.937. The molecule has 0 aliphatic carbocycles. The highest BCUT2D eigenvalue weighted by molar-refractivity contribution is 7.85. The Morgan fingerprint density at radius 1 is 0.531 bits per heavy atom. The molecular formula is C72H126N7O17PS. The van der Waals surface area contributed by atoms with Gasteiger partial charge in [0.05, 0.1) is 28.8 Å². The second-order valence-electron chi connectivity index (χ2n) is 27.7. The van der Waals surface area contributed by atoms with Crippen LogP contribution in [0.25, 0.3) is 0 Å². The Morgan fingerprint density at radius 2 is 0.847 bits per heavy atom. The van der Waals surface area contributed by atoms with Crippen LogP contribution in [-0.2, 0) is 72.2 Å². The first-order valence-electron chi connectivity index (χ1n) is 34.7. The number of hydrogen-bond acceptors (Lipinski definition) is 18. The molecule has 24 nitrogen and oxygen atoms in total. The van der Waals surface area contributed by atoms with Gasteiger partial charge in [0, 0.05) is 38.9 Å². The summed E-state index contributed by atoms with van der Waals surface area (Å²) in [6, 6.07) is 28.9. The molecule has 3 aromatic rings. The minimum atomic E-state index is -3.67. The van der Waals surface area contributed by atoms with Gasteiger partial charge in [0.15, 0.2) is 5.78 Å². The zero-order valence-corrected chi connectivity index (χ0v) is 63.7. The molecule has 0 bridgehead atoms. The van der Waals surface area contributed by atoms with Crippen molar-refractivity contribution in [2.75, 3.05) is 32.5 Å². The van der Waals surface area contributed by atoms with Gasteiger partial charge in [-0.1, -0.05) is 111 Å². The van der Waals surface area contributed by atoms with E-state index in [4.69, 9.17) is 49.6 Å². The molecule has 3 aromatic carbocycles. The summed E-state index contributed by atoms with van der Waals surface area (Å²) in [5, 5.41) is 19.5. The van der Waals surface area contributed by atoms with E-state index in [1.807, 2.05) is 89.2 Å². The number of ketones is 2. The largest absolute Gasteiger partial charge is 0.480 e. The number of Topliss-reactive ketones (excluding diaryl/α,β-unsaturated/α-hetero) is 2. The number of hydrogen-bond donors (Lipinski definition) is 9. The number of nitrogens with one attached hydrogen (secondary N) is 4. The van der Waals surface area contributed by atoms with Crippen LogP contribution in [0.15, 0.2) is 91.0 Å². The number of ether oxygens (including phenoxy) is 5. The van der Waals surface area contributed by atoms with Gasteiger partial charge in [-0.2, -0.15) is 18.2 Å². The first-order chi connectivity index (χ1) is 46.5. The van der Waals surface area contributed by atoms with Gasteiger partial charge in [0.2, 0.25) is 0 Å². The van der Waals surface area contributed by atoms with Gasteiger partial charge in [-0.15, -0.1) is 0 Å². The number of benzene rings is 3. The molecule has 6 atom stereocenters. The number of carboxylic acid groups (broad SMARTS) is 1. The number of carboxylic acids is 1. The lowest BCUT2D eigenvalue weighted by Crippen LogP contribution is -2.44. The van der Waals surface area contributed by atoms with Crippen molar-refractivity contribution >= 4 is 67.7 Å². The number of rotatable bonds is 30. The van der Waals surface area contributed by atoms with E-state index < -0.39 is 84.7 Å². The highest BCUT2D eigenvalue weighted by atomic mass is 32.2. The quantitative estimate of drug-likeness (QED) is 0.00984. The van der Waals surface area contributed by atoms with Crippen LogP contribution in [0.3, 0.4) is 0 Å². The van der Waals surface area contributed by atoms with Crippen molar-refractivity contribution in [3.8, 4) is 0 Å². The van der Waals surface area contributed by atoms with Crippen molar-refractivity contribution in [2.24, 2.45) is 29.0 Å². The Bertz CT molecular complexity index is 2840. The predicted octanol–water partition coefficient (Wildman–Crippen LogP) is 12.1. The van der Waals surface area contributed by atoms with E-state index in [0.717, 1.165) is 38.5 Å². The molecule has 0 radical (unpaired) electrons. The molecule has 0 heterocycles. The molecule has 26 heteroatoms. The van der Waals surface area contributed by atoms with Crippen LogP contribution in [-0.4, -0.2) is 149 Å². The monoisotopic (exact) mass is 1430 g/mol. The molecule has 0 unspecified atom stereocenters. The smallest absolute Gasteiger partial charge is 0.408 e. The number of esters is 1. The van der Waals surface area contributed by atoms with E-state index in [1.165, 1.54) is 23.6 Å². The van der Waals surface area contributed by atoms with E-state index in [0.29, 0.717) is 83.4 Å². The van der Waals surface area contributed by atoms with Gasteiger partial charge in [-0.05, 0) is 203 Å². The fourth-order valence-corrected chi connectivity index (χ4v) is 8.44. The number of carbonyl (C=O) groups excluding carboxylic acids is 7. The summed E-state index contributed by atoms with van der Waals surface area (Å²) in [5.74, 6) is -0.671. The van der Waals surface area contributed by atoms with Crippen molar-refractivity contribution in [3.63, 3.8) is 0 Å². The van der Waals surface area contributed by atoms with Crippen molar-refractivity contribution in [1.82, 2.24) is 21.3 Å². The molecule has 3 rings (SSSR count). The molecule has 98 heavy (non-hydrogen) atoms. The lowest BCUT2D eigenvalue weighted by atomic mass is 9.92. The van der Waals surface area contributed by atoms with Crippen LogP contribution in [0, 0.1) is 11.8 Å². The summed E-state index contributed by atoms with van der Waals surface area (Å²) in [6.07, 6.45) is 7.80. The number of amides is 4. The number of carbonyl (C=O) groups is 8. The van der Waals surface area contributed by atoms with Crippen molar-refractivity contribution in [1.29, 1.82) is 3.84 Å². The van der Waals surface area contributed by atoms with Gasteiger partial charge in [0.1, 0.15) is 34.2 Å². The standard InChI is InChI=1S/C26H42N2O5.C16H30N2O6.C16H26N2O.C9H13N.C4H8O2.CH4O3S.H3P/c1-19(17-20-13-9-8-10-14-20)18-22(29)21(28-24(31)33-26(5,6)7)15-11-12-16-27-23(30)32-25(2,3)4;1-15(2,3)23-13(21)17-10-8-7-9-11(12(19)20)18-14(22)24-16(4,5)6;1-13(11-14-7-3-2-4-8-14)12-16(19)15(18)9-5-6-10-17;1-8(10)7-9-5-3-2-4-6-9;1-3-6-4(2)5;1-5(2,3)4;/h8-10,13-14,19,21H,11-12,15-18H2,1-7H3,(H,27,30)(H,28,31);11H,7-10H2,1-6H3,(H,17,21)(H,18,22)(H,19,20);2-4,7-8,13,15H,5-6,9-12,17-18H2,1H3;2-6,8H,7,10H2,1H3;3H2,1-2H3;1H3,(H,2,3,4);1H3/t19-,21-;11-;13-,15-;8-;;;/m0000.../s1/i;;;;;;1T3. The fourth-order valence-electron chi connectivity index (χ4n) is 8.44. The van der Waals surface area contributed by atoms with E-state index in [9.17, 15) is 46.8 Å². The first-order valence-corrected chi connectivity index (χ1v) is 35.2. The topological polar surface area (TPSA) is 383 Å². The molecule has 0 saturated heterocycles. The molecule has 4 amide bonds. The normalized spacial score (nSPS) is 13.2. The zero-order chi connectivity index (χ0) is 78.6. The first kappa shape index (κ1) is 91.2. The van der Waals surface area contributed by atoms with Gasteiger partial charge < -0.3 is 67.3 Å². The highest BCUT2D eigenvalue weighted by Crippen LogP contribution is 2.18.